The molecule has 9 heteroatoms. The van der Waals surface area contributed by atoms with Crippen molar-refractivity contribution in [1.82, 2.24) is 9.78 Å². The Bertz CT molecular complexity index is 1050. The van der Waals surface area contributed by atoms with Crippen molar-refractivity contribution in [3.8, 4) is 5.69 Å². The Morgan fingerprint density at radius 1 is 1.14 bits per heavy atom. The quantitative estimate of drug-likeness (QED) is 0.622. The average molecular weight is 413 g/mol. The van der Waals surface area contributed by atoms with E-state index in [2.05, 4.69) is 10.4 Å². The number of hydrogen-bond donors (Lipinski definition) is 1. The van der Waals surface area contributed by atoms with Crippen molar-refractivity contribution in [2.45, 2.75) is 13.8 Å². The molecule has 3 aromatic rings. The third-order valence-corrected chi connectivity index (χ3v) is 5.06. The van der Waals surface area contributed by atoms with Gasteiger partial charge in [-0.1, -0.05) is 0 Å². The minimum absolute atomic E-state index is 0.287. The Kier molecular flexibility index (Phi) is 6.08. The van der Waals surface area contributed by atoms with Crippen LogP contribution in [0.5, 0.6) is 0 Å². The number of methoxy groups -OCH3 is 1. The second kappa shape index (κ2) is 8.70. The lowest BCUT2D eigenvalue weighted by molar-refractivity contribution is 0.0524. The molecule has 8 nitrogen and oxygen atoms in total. The summed E-state index contributed by atoms with van der Waals surface area (Å²) >= 11 is 1.19. The Balaban J connectivity index is 1.77. The lowest BCUT2D eigenvalue weighted by atomic mass is 10.2. The van der Waals surface area contributed by atoms with Gasteiger partial charge in [0.1, 0.15) is 10.4 Å². The SMILES string of the molecule is CCOC(=O)c1cnn(-c2ccc(C(=O)Nc3ccsc3C(=O)OC)cc2)c1C. The van der Waals surface area contributed by atoms with Crippen molar-refractivity contribution in [1.29, 1.82) is 0 Å². The van der Waals surface area contributed by atoms with E-state index >= 15 is 0 Å². The Labute approximate surface area is 171 Å². The minimum atomic E-state index is -0.503. The second-order valence-corrected chi connectivity index (χ2v) is 6.85. The summed E-state index contributed by atoms with van der Waals surface area (Å²) in [7, 11) is 1.29. The summed E-state index contributed by atoms with van der Waals surface area (Å²) in [6, 6.07) is 8.37. The summed E-state index contributed by atoms with van der Waals surface area (Å²) in [5, 5.41) is 8.64. The van der Waals surface area contributed by atoms with Crippen LogP contribution in [-0.2, 0) is 9.47 Å². The monoisotopic (exact) mass is 413 g/mol. The molecule has 29 heavy (non-hydrogen) atoms. The van der Waals surface area contributed by atoms with Crippen molar-refractivity contribution in [2.24, 2.45) is 0 Å². The molecule has 0 aliphatic carbocycles. The van der Waals surface area contributed by atoms with Gasteiger partial charge in [-0.25, -0.2) is 14.3 Å². The first kappa shape index (κ1) is 20.3. The topological polar surface area (TPSA) is 99.5 Å². The molecule has 0 spiro atoms. The van der Waals surface area contributed by atoms with Crippen LogP contribution in [0.2, 0.25) is 0 Å². The molecule has 0 bridgehead atoms. The first-order valence-electron chi connectivity index (χ1n) is 8.75. The van der Waals surface area contributed by atoms with Crippen LogP contribution >= 0.6 is 11.3 Å². The highest BCUT2D eigenvalue weighted by atomic mass is 32.1. The summed E-state index contributed by atoms with van der Waals surface area (Å²) in [6.45, 7) is 3.80. The summed E-state index contributed by atoms with van der Waals surface area (Å²) in [4.78, 5) is 36.5. The maximum absolute atomic E-state index is 12.5. The number of hydrogen-bond acceptors (Lipinski definition) is 7. The average Bonchev–Trinajstić information content (AvgIpc) is 3.34. The van der Waals surface area contributed by atoms with Gasteiger partial charge in [0, 0.05) is 5.56 Å². The molecular formula is C20H19N3O5S. The van der Waals surface area contributed by atoms with Crippen molar-refractivity contribution < 1.29 is 23.9 Å². The van der Waals surface area contributed by atoms with Crippen molar-refractivity contribution in [3.05, 3.63) is 63.6 Å². The number of aromatic nitrogens is 2. The highest BCUT2D eigenvalue weighted by Crippen LogP contribution is 2.24. The molecule has 0 unspecified atom stereocenters. The van der Waals surface area contributed by atoms with Gasteiger partial charge >= 0.3 is 11.9 Å². The molecular weight excluding hydrogens is 394 g/mol. The van der Waals surface area contributed by atoms with Crippen LogP contribution in [0, 0.1) is 6.92 Å². The van der Waals surface area contributed by atoms with E-state index in [-0.39, 0.29) is 12.5 Å². The molecule has 1 N–H and O–H groups in total. The van der Waals surface area contributed by atoms with Crippen LogP contribution in [0.15, 0.2) is 41.9 Å². The number of ether oxygens (including phenoxy) is 2. The molecule has 1 aromatic carbocycles. The number of esters is 2. The molecule has 1 amide bonds. The summed E-state index contributed by atoms with van der Waals surface area (Å²) in [5.74, 6) is -1.29. The van der Waals surface area contributed by atoms with E-state index in [9.17, 15) is 14.4 Å². The molecule has 0 radical (unpaired) electrons. The summed E-state index contributed by atoms with van der Waals surface area (Å²) in [5.41, 5.74) is 2.53. The molecule has 150 valence electrons. The molecule has 3 rings (SSSR count). The number of amides is 1. The smallest absolute Gasteiger partial charge is 0.350 e. The molecule has 0 aliphatic heterocycles. The van der Waals surface area contributed by atoms with Crippen LogP contribution in [0.25, 0.3) is 5.69 Å². The lowest BCUT2D eigenvalue weighted by Crippen LogP contribution is -2.14. The lowest BCUT2D eigenvalue weighted by Gasteiger charge is -2.08. The van der Waals surface area contributed by atoms with E-state index in [1.165, 1.54) is 24.6 Å². The Morgan fingerprint density at radius 2 is 1.86 bits per heavy atom. The third kappa shape index (κ3) is 4.19. The van der Waals surface area contributed by atoms with Crippen LogP contribution in [0.4, 0.5) is 5.69 Å². The molecule has 2 heterocycles. The third-order valence-electron chi connectivity index (χ3n) is 4.16. The predicted molar refractivity (Wildman–Crippen MR) is 108 cm³/mol. The number of carbonyl (C=O) groups is 3. The van der Waals surface area contributed by atoms with Gasteiger partial charge in [-0.15, -0.1) is 11.3 Å². The number of nitrogens with one attached hydrogen (secondary N) is 1. The fraction of sp³-hybridized carbons (Fsp3) is 0.200. The van der Waals surface area contributed by atoms with E-state index in [0.717, 1.165) is 0 Å². The number of rotatable bonds is 6. The zero-order valence-corrected chi connectivity index (χ0v) is 16.9. The number of nitrogens with zero attached hydrogens (tertiary/aromatic N) is 2. The number of benzene rings is 1. The van der Waals surface area contributed by atoms with Crippen LogP contribution in [-0.4, -0.2) is 41.3 Å². The number of anilines is 1. The highest BCUT2D eigenvalue weighted by Gasteiger charge is 2.18. The van der Waals surface area contributed by atoms with E-state index in [0.29, 0.717) is 33.1 Å². The normalized spacial score (nSPS) is 10.4. The minimum Gasteiger partial charge on any atom is -0.465 e. The van der Waals surface area contributed by atoms with Gasteiger partial charge in [-0.2, -0.15) is 5.10 Å². The molecule has 2 aromatic heterocycles. The maximum Gasteiger partial charge on any atom is 0.350 e. The van der Waals surface area contributed by atoms with Gasteiger partial charge in [0.15, 0.2) is 0 Å². The van der Waals surface area contributed by atoms with E-state index < -0.39 is 11.9 Å². The Morgan fingerprint density at radius 3 is 2.52 bits per heavy atom. The van der Waals surface area contributed by atoms with E-state index in [1.54, 1.807) is 54.2 Å². The summed E-state index contributed by atoms with van der Waals surface area (Å²) < 4.78 is 11.3. The predicted octanol–water partition coefficient (Wildman–Crippen LogP) is 3.46. The summed E-state index contributed by atoms with van der Waals surface area (Å²) in [6.07, 6.45) is 1.46. The van der Waals surface area contributed by atoms with Gasteiger partial charge < -0.3 is 14.8 Å². The number of thiophene rings is 1. The zero-order valence-electron chi connectivity index (χ0n) is 16.1. The van der Waals surface area contributed by atoms with Gasteiger partial charge in [-0.05, 0) is 49.6 Å². The molecule has 0 saturated heterocycles. The first-order chi connectivity index (χ1) is 14.0. The van der Waals surface area contributed by atoms with Crippen LogP contribution in [0.1, 0.15) is 43.0 Å². The largest absolute Gasteiger partial charge is 0.465 e. The fourth-order valence-corrected chi connectivity index (χ4v) is 3.45. The molecule has 0 fully saturated rings. The fourth-order valence-electron chi connectivity index (χ4n) is 2.69. The zero-order chi connectivity index (χ0) is 21.0. The van der Waals surface area contributed by atoms with Crippen molar-refractivity contribution in [2.75, 3.05) is 19.0 Å². The van der Waals surface area contributed by atoms with Crippen LogP contribution in [0.3, 0.4) is 0 Å². The van der Waals surface area contributed by atoms with Gasteiger partial charge in [0.25, 0.3) is 5.91 Å². The van der Waals surface area contributed by atoms with Gasteiger partial charge in [0.05, 0.1) is 37.0 Å². The Hall–Kier alpha value is -3.46. The maximum atomic E-state index is 12.5. The van der Waals surface area contributed by atoms with Crippen molar-refractivity contribution in [3.63, 3.8) is 0 Å². The van der Waals surface area contributed by atoms with Gasteiger partial charge in [-0.3, -0.25) is 4.79 Å². The van der Waals surface area contributed by atoms with Crippen molar-refractivity contribution >= 4 is 34.9 Å². The number of carbonyl (C=O) groups excluding carboxylic acids is 3. The molecule has 0 saturated carbocycles. The second-order valence-electron chi connectivity index (χ2n) is 5.93. The van der Waals surface area contributed by atoms with Gasteiger partial charge in [0.2, 0.25) is 0 Å². The van der Waals surface area contributed by atoms with E-state index in [4.69, 9.17) is 9.47 Å². The first-order valence-corrected chi connectivity index (χ1v) is 9.63. The van der Waals surface area contributed by atoms with E-state index in [1.807, 2.05) is 0 Å². The molecule has 0 aliphatic rings. The standard InChI is InChI=1S/C20H19N3O5S/c1-4-28-19(25)15-11-21-23(12(15)2)14-7-5-13(6-8-14)18(24)22-16-9-10-29-17(16)20(26)27-3/h5-11H,4H2,1-3H3,(H,22,24). The van der Waals surface area contributed by atoms with Crippen LogP contribution < -0.4 is 5.32 Å². The molecule has 0 atom stereocenters. The highest BCUT2D eigenvalue weighted by molar-refractivity contribution is 7.12.